The van der Waals surface area contributed by atoms with Crippen LogP contribution in [0.5, 0.6) is 0 Å². The summed E-state index contributed by atoms with van der Waals surface area (Å²) < 4.78 is 22.4. The summed E-state index contributed by atoms with van der Waals surface area (Å²) >= 11 is 0. The van der Waals surface area contributed by atoms with Crippen LogP contribution in [0.15, 0.2) is 23.8 Å². The normalized spacial score (nSPS) is 51.1. The van der Waals surface area contributed by atoms with E-state index in [0.717, 1.165) is 0 Å². The van der Waals surface area contributed by atoms with E-state index >= 15 is 4.39 Å². The van der Waals surface area contributed by atoms with Crippen LogP contribution in [0.2, 0.25) is 0 Å². The molecule has 0 aromatic rings. The number of rotatable bonds is 3. The lowest BCUT2D eigenvalue weighted by Crippen LogP contribution is -2.69. The molecule has 3 saturated carbocycles. The van der Waals surface area contributed by atoms with Crippen molar-refractivity contribution >= 4 is 11.6 Å². The Labute approximate surface area is 169 Å². The minimum atomic E-state index is -2.04. The van der Waals surface area contributed by atoms with E-state index in [0.29, 0.717) is 18.4 Å². The molecule has 0 amide bonds. The molecule has 0 aromatic carbocycles. The monoisotopic (exact) mass is 408 g/mol. The molecular weight excluding hydrogens is 379 g/mol. The molecule has 3 fully saturated rings. The lowest BCUT2D eigenvalue weighted by atomic mass is 9.44. The van der Waals surface area contributed by atoms with Gasteiger partial charge in [0.1, 0.15) is 6.61 Å². The highest BCUT2D eigenvalue weighted by molar-refractivity contribution is 6.01. The molecule has 0 radical (unpaired) electrons. The number of fused-ring (bicyclic) bond motifs is 5. The first-order chi connectivity index (χ1) is 13.5. The predicted octanol–water partition coefficient (Wildman–Crippen LogP) is 1.27. The number of aliphatic hydroxyl groups is 3. The number of carbonyl (C=O) groups excluding carboxylic acids is 2. The van der Waals surface area contributed by atoms with Crippen LogP contribution in [0, 0.1) is 22.7 Å². The van der Waals surface area contributed by atoms with E-state index in [1.807, 2.05) is 0 Å². The third kappa shape index (κ3) is 2.25. The number of methoxy groups -OCH3 is 1. The van der Waals surface area contributed by atoms with Gasteiger partial charge in [0.25, 0.3) is 0 Å². The van der Waals surface area contributed by atoms with Gasteiger partial charge in [0.05, 0.1) is 12.2 Å². The smallest absolute Gasteiger partial charge is 0.192 e. The highest BCUT2D eigenvalue weighted by Gasteiger charge is 2.76. The van der Waals surface area contributed by atoms with Gasteiger partial charge in [0.15, 0.2) is 22.8 Å². The van der Waals surface area contributed by atoms with Crippen molar-refractivity contribution in [3.8, 4) is 0 Å². The Morgan fingerprint density at radius 2 is 2.03 bits per heavy atom. The Hall–Kier alpha value is -1.41. The second-order valence-corrected chi connectivity index (χ2v) is 9.57. The van der Waals surface area contributed by atoms with Gasteiger partial charge in [0.2, 0.25) is 0 Å². The summed E-state index contributed by atoms with van der Waals surface area (Å²) in [6.45, 7) is 2.56. The first kappa shape index (κ1) is 20.8. The molecule has 0 spiro atoms. The molecular formula is C22H29FO6. The summed E-state index contributed by atoms with van der Waals surface area (Å²) in [7, 11) is 1.39. The molecule has 29 heavy (non-hydrogen) atoms. The number of hydrogen-bond donors (Lipinski definition) is 3. The number of aliphatic hydroxyl groups excluding tert-OH is 2. The third-order valence-electron chi connectivity index (χ3n) is 8.69. The fourth-order valence-electron chi connectivity index (χ4n) is 7.09. The van der Waals surface area contributed by atoms with Crippen LogP contribution in [0.4, 0.5) is 4.39 Å². The summed E-state index contributed by atoms with van der Waals surface area (Å²) in [6, 6.07) is 0. The molecule has 5 unspecified atom stereocenters. The van der Waals surface area contributed by atoms with Gasteiger partial charge in [0, 0.05) is 23.9 Å². The molecule has 0 aliphatic heterocycles. The average Bonchev–Trinajstić information content (AvgIpc) is 2.91. The van der Waals surface area contributed by atoms with Crippen molar-refractivity contribution in [3.05, 3.63) is 23.8 Å². The van der Waals surface area contributed by atoms with Gasteiger partial charge < -0.3 is 20.1 Å². The molecule has 4 aliphatic carbocycles. The first-order valence-electron chi connectivity index (χ1n) is 10.2. The summed E-state index contributed by atoms with van der Waals surface area (Å²) in [5.74, 6) is -2.00. The fourth-order valence-corrected chi connectivity index (χ4v) is 7.09. The molecule has 7 heteroatoms. The van der Waals surface area contributed by atoms with E-state index < -0.39 is 58.5 Å². The molecule has 0 saturated heterocycles. The minimum Gasteiger partial charge on any atom is -0.390 e. The number of allylic oxidation sites excluding steroid dienone is 4. The van der Waals surface area contributed by atoms with Crippen LogP contribution >= 0.6 is 0 Å². The van der Waals surface area contributed by atoms with Crippen molar-refractivity contribution in [1.82, 2.24) is 0 Å². The number of ketones is 2. The molecule has 0 aromatic heterocycles. The van der Waals surface area contributed by atoms with Crippen LogP contribution < -0.4 is 0 Å². The van der Waals surface area contributed by atoms with Crippen molar-refractivity contribution < 1.29 is 34.0 Å². The van der Waals surface area contributed by atoms with Crippen molar-refractivity contribution in [1.29, 1.82) is 0 Å². The van der Waals surface area contributed by atoms with E-state index in [4.69, 9.17) is 4.74 Å². The fraction of sp³-hybridized carbons (Fsp3) is 0.727. The standard InChI is InChI=1S/C22H29FO6/c1-19-7-6-13(25)8-12(19)4-5-14-15-9-18(29-3)22(28,17(27)11-24)20(15,2)10-16(26)21(14,19)23/h6-8,14-16,18,24,26,28H,4-5,9-11H2,1-3H3/t14?,15?,16-,18?,19-,20-,21?,22?/m0/s1. The maximum atomic E-state index is 16.9. The van der Waals surface area contributed by atoms with E-state index in [1.54, 1.807) is 19.9 Å². The van der Waals surface area contributed by atoms with Gasteiger partial charge in [-0.25, -0.2) is 4.39 Å². The summed E-state index contributed by atoms with van der Waals surface area (Å²) in [5, 5.41) is 32.1. The Morgan fingerprint density at radius 1 is 1.34 bits per heavy atom. The number of hydrogen-bond acceptors (Lipinski definition) is 6. The molecule has 8 atom stereocenters. The van der Waals surface area contributed by atoms with Gasteiger partial charge in [-0.05, 0) is 50.7 Å². The van der Waals surface area contributed by atoms with E-state index in [-0.39, 0.29) is 18.6 Å². The van der Waals surface area contributed by atoms with Gasteiger partial charge in [-0.15, -0.1) is 0 Å². The first-order valence-corrected chi connectivity index (χ1v) is 10.2. The lowest BCUT2D eigenvalue weighted by molar-refractivity contribution is -0.223. The van der Waals surface area contributed by atoms with Crippen LogP contribution in [-0.2, 0) is 14.3 Å². The van der Waals surface area contributed by atoms with Crippen LogP contribution in [0.1, 0.15) is 39.5 Å². The molecule has 0 heterocycles. The predicted molar refractivity (Wildman–Crippen MR) is 102 cm³/mol. The van der Waals surface area contributed by atoms with Crippen LogP contribution in [-0.4, -0.2) is 64.1 Å². The van der Waals surface area contributed by atoms with E-state index in [2.05, 4.69) is 0 Å². The SMILES string of the molecule is COC1CC2C3CCC4=CC(=O)C=C[C@]4(C)C3(F)[C@@H](O)C[C@]2(C)C1(O)C(=O)CO. The van der Waals surface area contributed by atoms with E-state index in [9.17, 15) is 24.9 Å². The second kappa shape index (κ2) is 6.30. The summed E-state index contributed by atoms with van der Waals surface area (Å²) in [4.78, 5) is 24.5. The Morgan fingerprint density at radius 3 is 2.66 bits per heavy atom. The topological polar surface area (TPSA) is 104 Å². The number of Topliss-reactive ketones (excluding diaryl/α,β-unsaturated/α-hetero) is 1. The number of halogens is 1. The zero-order valence-corrected chi connectivity index (χ0v) is 17.0. The van der Waals surface area contributed by atoms with Crippen LogP contribution in [0.25, 0.3) is 0 Å². The van der Waals surface area contributed by atoms with Gasteiger partial charge >= 0.3 is 0 Å². The third-order valence-corrected chi connectivity index (χ3v) is 8.69. The van der Waals surface area contributed by atoms with Gasteiger partial charge in [-0.1, -0.05) is 18.6 Å². The maximum absolute atomic E-state index is 16.9. The molecule has 0 bridgehead atoms. The number of carbonyl (C=O) groups is 2. The Bertz CT molecular complexity index is 822. The van der Waals surface area contributed by atoms with Crippen LogP contribution in [0.3, 0.4) is 0 Å². The van der Waals surface area contributed by atoms with Gasteiger partial charge in [-0.3, -0.25) is 9.59 Å². The largest absolute Gasteiger partial charge is 0.390 e. The van der Waals surface area contributed by atoms with E-state index in [1.165, 1.54) is 19.3 Å². The molecule has 3 N–H and O–H groups in total. The highest BCUT2D eigenvalue weighted by atomic mass is 19.1. The van der Waals surface area contributed by atoms with Gasteiger partial charge in [-0.2, -0.15) is 0 Å². The molecule has 160 valence electrons. The zero-order valence-electron chi connectivity index (χ0n) is 17.0. The minimum absolute atomic E-state index is 0.141. The highest BCUT2D eigenvalue weighted by Crippen LogP contribution is 2.69. The van der Waals surface area contributed by atoms with Crippen molar-refractivity contribution in [2.45, 2.75) is 63.0 Å². The van der Waals surface area contributed by atoms with Crippen molar-refractivity contribution in [3.63, 3.8) is 0 Å². The Kier molecular flexibility index (Phi) is 4.53. The van der Waals surface area contributed by atoms with Crippen molar-refractivity contribution in [2.24, 2.45) is 22.7 Å². The maximum Gasteiger partial charge on any atom is 0.192 e. The van der Waals surface area contributed by atoms with Crippen molar-refractivity contribution in [2.75, 3.05) is 13.7 Å². The Balaban J connectivity index is 1.84. The second-order valence-electron chi connectivity index (χ2n) is 9.57. The number of alkyl halides is 1. The average molecular weight is 408 g/mol. The summed E-state index contributed by atoms with van der Waals surface area (Å²) in [5.41, 5.74) is -5.63. The molecule has 6 nitrogen and oxygen atoms in total. The quantitative estimate of drug-likeness (QED) is 0.650. The summed E-state index contributed by atoms with van der Waals surface area (Å²) in [6.07, 6.45) is 3.07. The molecule has 4 rings (SSSR count). The lowest BCUT2D eigenvalue weighted by Gasteiger charge is -2.62. The molecule has 4 aliphatic rings. The zero-order chi connectivity index (χ0) is 21.4. The number of ether oxygens (including phenoxy) is 1.